The van der Waals surface area contributed by atoms with Gasteiger partial charge in [-0.3, -0.25) is 14.4 Å². The number of hydrogen-bond acceptors (Lipinski definition) is 4. The molecular formula is C25H37N3O4. The number of amides is 3. The minimum Gasteiger partial charge on any atom is -0.483 e. The van der Waals surface area contributed by atoms with Gasteiger partial charge in [0.05, 0.1) is 12.0 Å². The Balaban J connectivity index is 1.61. The van der Waals surface area contributed by atoms with E-state index in [0.29, 0.717) is 25.1 Å². The van der Waals surface area contributed by atoms with Gasteiger partial charge in [0, 0.05) is 38.2 Å². The molecule has 2 fully saturated rings. The lowest BCUT2D eigenvalue weighted by Gasteiger charge is -2.33. The van der Waals surface area contributed by atoms with E-state index in [0.717, 1.165) is 57.3 Å². The molecule has 0 spiro atoms. The van der Waals surface area contributed by atoms with Crippen molar-refractivity contribution in [2.45, 2.75) is 64.8 Å². The van der Waals surface area contributed by atoms with Crippen molar-refractivity contribution in [3.05, 3.63) is 29.8 Å². The fourth-order valence-corrected chi connectivity index (χ4v) is 4.58. The molecule has 32 heavy (non-hydrogen) atoms. The topological polar surface area (TPSA) is 79.0 Å². The summed E-state index contributed by atoms with van der Waals surface area (Å²) in [4.78, 5) is 41.4. The van der Waals surface area contributed by atoms with Crippen LogP contribution >= 0.6 is 0 Å². The van der Waals surface area contributed by atoms with Crippen LogP contribution in [0, 0.1) is 5.92 Å². The average Bonchev–Trinajstić information content (AvgIpc) is 3.36. The van der Waals surface area contributed by atoms with Crippen molar-refractivity contribution in [1.82, 2.24) is 15.1 Å². The Morgan fingerprint density at radius 2 is 1.75 bits per heavy atom. The molecule has 2 aliphatic rings. The van der Waals surface area contributed by atoms with Crippen LogP contribution in [0.5, 0.6) is 5.75 Å². The molecule has 3 rings (SSSR count). The first-order valence-corrected chi connectivity index (χ1v) is 12.1. The van der Waals surface area contributed by atoms with E-state index in [9.17, 15) is 14.4 Å². The van der Waals surface area contributed by atoms with Gasteiger partial charge in [-0.1, -0.05) is 32.0 Å². The van der Waals surface area contributed by atoms with Gasteiger partial charge in [-0.15, -0.1) is 0 Å². The molecule has 0 saturated carbocycles. The molecule has 1 aromatic carbocycles. The van der Waals surface area contributed by atoms with Gasteiger partial charge in [-0.2, -0.15) is 0 Å². The van der Waals surface area contributed by atoms with Gasteiger partial charge in [-0.05, 0) is 44.6 Å². The summed E-state index contributed by atoms with van der Waals surface area (Å²) < 4.78 is 5.90. The number of piperidine rings is 1. The third kappa shape index (κ3) is 6.24. The van der Waals surface area contributed by atoms with Crippen molar-refractivity contribution in [3.8, 4) is 5.75 Å². The first kappa shape index (κ1) is 24.1. The normalized spacial score (nSPS) is 19.5. The van der Waals surface area contributed by atoms with Crippen LogP contribution in [0.25, 0.3) is 0 Å². The van der Waals surface area contributed by atoms with Gasteiger partial charge in [-0.25, -0.2) is 0 Å². The Morgan fingerprint density at radius 3 is 2.47 bits per heavy atom. The molecule has 0 radical (unpaired) electrons. The van der Waals surface area contributed by atoms with Crippen LogP contribution in [0.4, 0.5) is 0 Å². The van der Waals surface area contributed by atoms with E-state index in [1.807, 2.05) is 47.9 Å². The van der Waals surface area contributed by atoms with Gasteiger partial charge >= 0.3 is 0 Å². The second kappa shape index (κ2) is 11.9. The average molecular weight is 444 g/mol. The molecule has 7 nitrogen and oxygen atoms in total. The molecule has 0 aliphatic carbocycles. The van der Waals surface area contributed by atoms with Crippen molar-refractivity contribution < 1.29 is 19.1 Å². The second-order valence-electron chi connectivity index (χ2n) is 8.81. The SMILES string of the molecule is CCCC(=O)N1CCCC(C(=O)NC(CC)c2ccccc2OCC(=O)N2CCCC2)C1. The molecule has 2 saturated heterocycles. The first-order chi connectivity index (χ1) is 15.5. The Kier molecular flexibility index (Phi) is 8.94. The Hall–Kier alpha value is -2.57. The number of nitrogens with zero attached hydrogens (tertiary/aromatic N) is 2. The summed E-state index contributed by atoms with van der Waals surface area (Å²) in [6.07, 6.45) is 5.80. The van der Waals surface area contributed by atoms with Gasteiger partial charge in [0.2, 0.25) is 11.8 Å². The van der Waals surface area contributed by atoms with Gasteiger partial charge in [0.25, 0.3) is 5.91 Å². The molecule has 2 aliphatic heterocycles. The van der Waals surface area contributed by atoms with E-state index in [2.05, 4.69) is 5.32 Å². The van der Waals surface area contributed by atoms with Crippen molar-refractivity contribution in [1.29, 1.82) is 0 Å². The molecular weight excluding hydrogens is 406 g/mol. The van der Waals surface area contributed by atoms with Crippen LogP contribution in [0.1, 0.15) is 70.4 Å². The van der Waals surface area contributed by atoms with Crippen LogP contribution in [0.2, 0.25) is 0 Å². The Morgan fingerprint density at radius 1 is 1.03 bits per heavy atom. The summed E-state index contributed by atoms with van der Waals surface area (Å²) in [6.45, 7) is 6.86. The molecule has 0 bridgehead atoms. The van der Waals surface area contributed by atoms with Crippen LogP contribution in [-0.4, -0.2) is 60.3 Å². The number of ether oxygens (including phenoxy) is 1. The van der Waals surface area contributed by atoms with Crippen LogP contribution in [0.15, 0.2) is 24.3 Å². The zero-order valence-corrected chi connectivity index (χ0v) is 19.5. The van der Waals surface area contributed by atoms with Gasteiger partial charge < -0.3 is 19.9 Å². The summed E-state index contributed by atoms with van der Waals surface area (Å²) >= 11 is 0. The highest BCUT2D eigenvalue weighted by Crippen LogP contribution is 2.28. The first-order valence-electron chi connectivity index (χ1n) is 12.1. The number of likely N-dealkylation sites (tertiary alicyclic amines) is 2. The minimum absolute atomic E-state index is 0.00781. The highest BCUT2D eigenvalue weighted by atomic mass is 16.5. The summed E-state index contributed by atoms with van der Waals surface area (Å²) in [6, 6.07) is 7.40. The molecule has 2 heterocycles. The lowest BCUT2D eigenvalue weighted by molar-refractivity contribution is -0.136. The summed E-state index contributed by atoms with van der Waals surface area (Å²) in [5.41, 5.74) is 0.882. The van der Waals surface area contributed by atoms with Crippen LogP contribution in [0.3, 0.4) is 0 Å². The van der Waals surface area contributed by atoms with Gasteiger partial charge in [0.15, 0.2) is 6.61 Å². The number of para-hydroxylation sites is 1. The van der Waals surface area contributed by atoms with Crippen molar-refractivity contribution in [2.24, 2.45) is 5.92 Å². The molecule has 1 N–H and O–H groups in total. The van der Waals surface area contributed by atoms with E-state index < -0.39 is 0 Å². The molecule has 0 aromatic heterocycles. The van der Waals surface area contributed by atoms with Crippen LogP contribution in [-0.2, 0) is 14.4 Å². The molecule has 2 unspecified atom stereocenters. The fraction of sp³-hybridized carbons (Fsp3) is 0.640. The van der Waals surface area contributed by atoms with Crippen LogP contribution < -0.4 is 10.1 Å². The highest BCUT2D eigenvalue weighted by molar-refractivity contribution is 5.82. The Bertz CT molecular complexity index is 791. The van der Waals surface area contributed by atoms with E-state index in [1.54, 1.807) is 0 Å². The van der Waals surface area contributed by atoms with E-state index in [4.69, 9.17) is 4.74 Å². The molecule has 176 valence electrons. The van der Waals surface area contributed by atoms with Gasteiger partial charge in [0.1, 0.15) is 5.75 Å². The standard InChI is InChI=1S/C25H37N3O4/c1-3-10-23(29)28-16-9-11-19(17-28)25(31)26-21(4-2)20-12-5-6-13-22(20)32-18-24(30)27-14-7-8-15-27/h5-6,12-13,19,21H,3-4,7-11,14-18H2,1-2H3,(H,26,31). The minimum atomic E-state index is -0.206. The zero-order valence-electron chi connectivity index (χ0n) is 19.5. The number of benzene rings is 1. The lowest BCUT2D eigenvalue weighted by Crippen LogP contribution is -2.46. The van der Waals surface area contributed by atoms with Crippen molar-refractivity contribution >= 4 is 17.7 Å². The molecule has 3 amide bonds. The number of carbonyl (C=O) groups is 3. The predicted octanol–water partition coefficient (Wildman–Crippen LogP) is 3.29. The maximum Gasteiger partial charge on any atom is 0.260 e. The number of rotatable bonds is 9. The highest BCUT2D eigenvalue weighted by Gasteiger charge is 2.30. The quantitative estimate of drug-likeness (QED) is 0.635. The Labute approximate surface area is 191 Å². The third-order valence-electron chi connectivity index (χ3n) is 6.44. The van der Waals surface area contributed by atoms with Crippen molar-refractivity contribution in [2.75, 3.05) is 32.8 Å². The zero-order chi connectivity index (χ0) is 22.9. The third-order valence-corrected chi connectivity index (χ3v) is 6.44. The van der Waals surface area contributed by atoms with Crippen molar-refractivity contribution in [3.63, 3.8) is 0 Å². The largest absolute Gasteiger partial charge is 0.483 e. The number of carbonyl (C=O) groups excluding carboxylic acids is 3. The maximum atomic E-state index is 13.1. The molecule has 2 atom stereocenters. The summed E-state index contributed by atoms with van der Waals surface area (Å²) in [5, 5.41) is 3.18. The smallest absolute Gasteiger partial charge is 0.260 e. The monoisotopic (exact) mass is 443 g/mol. The fourth-order valence-electron chi connectivity index (χ4n) is 4.58. The van der Waals surface area contributed by atoms with E-state index in [1.165, 1.54) is 0 Å². The second-order valence-corrected chi connectivity index (χ2v) is 8.81. The van der Waals surface area contributed by atoms with E-state index >= 15 is 0 Å². The number of nitrogens with one attached hydrogen (secondary N) is 1. The molecule has 1 aromatic rings. The maximum absolute atomic E-state index is 13.1. The molecule has 7 heteroatoms. The summed E-state index contributed by atoms with van der Waals surface area (Å²) in [5.74, 6) is 0.569. The lowest BCUT2D eigenvalue weighted by atomic mass is 9.95. The predicted molar refractivity (Wildman–Crippen MR) is 123 cm³/mol. The van der Waals surface area contributed by atoms with E-state index in [-0.39, 0.29) is 36.3 Å². The summed E-state index contributed by atoms with van der Waals surface area (Å²) in [7, 11) is 0. The number of hydrogen-bond donors (Lipinski definition) is 1.